The number of hydrogen-bond acceptors (Lipinski definition) is 4. The van der Waals surface area contributed by atoms with Crippen molar-refractivity contribution in [2.24, 2.45) is 0 Å². The summed E-state index contributed by atoms with van der Waals surface area (Å²) < 4.78 is 5.13. The van der Waals surface area contributed by atoms with Gasteiger partial charge in [-0.3, -0.25) is 4.79 Å². The Labute approximate surface area is 127 Å². The molecule has 0 bridgehead atoms. The number of aliphatic hydroxyl groups is 1. The molecule has 1 atom stereocenters. The summed E-state index contributed by atoms with van der Waals surface area (Å²) in [5, 5.41) is 12.4. The van der Waals surface area contributed by atoms with Crippen molar-refractivity contribution >= 4 is 17.2 Å². The molecule has 0 aliphatic carbocycles. The van der Waals surface area contributed by atoms with Crippen LogP contribution in [0.3, 0.4) is 0 Å². The first-order chi connectivity index (χ1) is 10.2. The second-order valence-electron chi connectivity index (χ2n) is 5.06. The van der Waals surface area contributed by atoms with E-state index >= 15 is 0 Å². The van der Waals surface area contributed by atoms with Gasteiger partial charge in [0.15, 0.2) is 6.10 Å². The third kappa shape index (κ3) is 2.80. The first kappa shape index (κ1) is 14.1. The molecule has 1 aromatic carbocycles. The minimum atomic E-state index is -1.14. The second-order valence-corrected chi connectivity index (χ2v) is 6.06. The highest BCUT2D eigenvalue weighted by Crippen LogP contribution is 2.27. The van der Waals surface area contributed by atoms with Gasteiger partial charge >= 0.3 is 0 Å². The van der Waals surface area contributed by atoms with Crippen molar-refractivity contribution in [1.29, 1.82) is 0 Å². The van der Waals surface area contributed by atoms with Crippen molar-refractivity contribution in [2.45, 2.75) is 19.1 Å². The number of aliphatic hydroxyl groups excluding tert-OH is 1. The number of methoxy groups -OCH3 is 1. The summed E-state index contributed by atoms with van der Waals surface area (Å²) in [6, 6.07) is 9.06. The van der Waals surface area contributed by atoms with E-state index in [0.29, 0.717) is 24.4 Å². The van der Waals surface area contributed by atoms with Gasteiger partial charge in [-0.05, 0) is 41.1 Å². The molecule has 0 spiro atoms. The van der Waals surface area contributed by atoms with Gasteiger partial charge < -0.3 is 14.7 Å². The molecule has 1 aliphatic heterocycles. The van der Waals surface area contributed by atoms with Crippen LogP contribution in [0, 0.1) is 0 Å². The maximum Gasteiger partial charge on any atom is 0.256 e. The maximum absolute atomic E-state index is 12.5. The van der Waals surface area contributed by atoms with Crippen LogP contribution in [0.2, 0.25) is 0 Å². The maximum atomic E-state index is 12.5. The Hall–Kier alpha value is -1.85. The predicted octanol–water partition coefficient (Wildman–Crippen LogP) is 2.38. The number of rotatable bonds is 3. The molecule has 2 heterocycles. The summed E-state index contributed by atoms with van der Waals surface area (Å²) in [4.78, 5) is 15.5. The fourth-order valence-corrected chi connectivity index (χ4v) is 3.45. The van der Waals surface area contributed by atoms with Crippen LogP contribution in [0.15, 0.2) is 35.7 Å². The van der Waals surface area contributed by atoms with Crippen LogP contribution in [0.25, 0.3) is 0 Å². The van der Waals surface area contributed by atoms with Crippen LogP contribution in [0.4, 0.5) is 0 Å². The third-order valence-corrected chi connectivity index (χ3v) is 4.79. The van der Waals surface area contributed by atoms with Crippen molar-refractivity contribution in [2.75, 3.05) is 13.7 Å². The first-order valence-electron chi connectivity index (χ1n) is 6.85. The highest BCUT2D eigenvalue weighted by atomic mass is 32.1. The van der Waals surface area contributed by atoms with Crippen molar-refractivity contribution in [1.82, 2.24) is 4.90 Å². The van der Waals surface area contributed by atoms with E-state index in [1.165, 1.54) is 10.4 Å². The van der Waals surface area contributed by atoms with Gasteiger partial charge in [0.2, 0.25) is 0 Å². The molecule has 4 nitrogen and oxygen atoms in total. The van der Waals surface area contributed by atoms with Gasteiger partial charge in [0.25, 0.3) is 5.91 Å². The molecular formula is C16H17NO3S. The lowest BCUT2D eigenvalue weighted by molar-refractivity contribution is -0.141. The molecule has 1 aromatic heterocycles. The molecule has 1 aliphatic rings. The summed E-state index contributed by atoms with van der Waals surface area (Å²) in [7, 11) is 1.57. The van der Waals surface area contributed by atoms with Crippen molar-refractivity contribution < 1.29 is 14.6 Å². The average molecular weight is 303 g/mol. The summed E-state index contributed by atoms with van der Waals surface area (Å²) in [5.74, 6) is 0.387. The first-order valence-corrected chi connectivity index (χ1v) is 7.73. The number of carbonyl (C=O) groups excluding carboxylic acids is 1. The molecule has 1 amide bonds. The van der Waals surface area contributed by atoms with E-state index in [1.807, 2.05) is 0 Å². The minimum absolute atomic E-state index is 0.250. The molecule has 2 aromatic rings. The molecule has 0 fully saturated rings. The number of fused-ring (bicyclic) bond motifs is 1. The lowest BCUT2D eigenvalue weighted by Crippen LogP contribution is -2.38. The van der Waals surface area contributed by atoms with Crippen LogP contribution < -0.4 is 4.74 Å². The minimum Gasteiger partial charge on any atom is -0.497 e. The molecule has 0 saturated heterocycles. The summed E-state index contributed by atoms with van der Waals surface area (Å²) in [5.41, 5.74) is 1.76. The van der Waals surface area contributed by atoms with E-state index in [0.717, 1.165) is 6.42 Å². The average Bonchev–Trinajstić information content (AvgIpc) is 3.01. The monoisotopic (exact) mass is 303 g/mol. The number of thiophene rings is 1. The van der Waals surface area contributed by atoms with E-state index in [-0.39, 0.29) is 5.91 Å². The fourth-order valence-electron chi connectivity index (χ4n) is 2.56. The van der Waals surface area contributed by atoms with E-state index in [1.54, 1.807) is 47.6 Å². The van der Waals surface area contributed by atoms with Gasteiger partial charge in [-0.1, -0.05) is 12.1 Å². The quantitative estimate of drug-likeness (QED) is 0.947. The van der Waals surface area contributed by atoms with E-state index in [2.05, 4.69) is 11.4 Å². The Morgan fingerprint density at radius 2 is 2.29 bits per heavy atom. The van der Waals surface area contributed by atoms with Gasteiger partial charge in [-0.25, -0.2) is 0 Å². The van der Waals surface area contributed by atoms with Gasteiger partial charge in [-0.2, -0.15) is 0 Å². The largest absolute Gasteiger partial charge is 0.497 e. The number of ether oxygens (including phenoxy) is 1. The van der Waals surface area contributed by atoms with Crippen molar-refractivity contribution in [3.05, 3.63) is 51.7 Å². The van der Waals surface area contributed by atoms with Crippen LogP contribution in [-0.4, -0.2) is 29.6 Å². The lowest BCUT2D eigenvalue weighted by atomic mass is 10.1. The zero-order valence-electron chi connectivity index (χ0n) is 11.8. The van der Waals surface area contributed by atoms with E-state index in [4.69, 9.17) is 4.74 Å². The van der Waals surface area contributed by atoms with Crippen LogP contribution >= 0.6 is 11.3 Å². The number of hydrogen-bond donors (Lipinski definition) is 1. The third-order valence-electron chi connectivity index (χ3n) is 3.76. The Bertz CT molecular complexity index is 652. The number of nitrogens with zero attached hydrogens (tertiary/aromatic N) is 1. The van der Waals surface area contributed by atoms with Crippen LogP contribution in [-0.2, 0) is 17.8 Å². The van der Waals surface area contributed by atoms with Gasteiger partial charge in [0.1, 0.15) is 5.75 Å². The molecule has 5 heteroatoms. The topological polar surface area (TPSA) is 49.8 Å². The van der Waals surface area contributed by atoms with E-state index in [9.17, 15) is 9.90 Å². The number of carbonyl (C=O) groups is 1. The zero-order chi connectivity index (χ0) is 14.8. The molecule has 1 N–H and O–H groups in total. The normalized spacial score (nSPS) is 15.4. The molecule has 1 unspecified atom stereocenters. The Morgan fingerprint density at radius 1 is 1.43 bits per heavy atom. The van der Waals surface area contributed by atoms with Crippen LogP contribution in [0.1, 0.15) is 22.1 Å². The Balaban J connectivity index is 1.76. The Kier molecular flexibility index (Phi) is 3.94. The van der Waals surface area contributed by atoms with Gasteiger partial charge in [0, 0.05) is 18.0 Å². The molecular weight excluding hydrogens is 286 g/mol. The van der Waals surface area contributed by atoms with Gasteiger partial charge in [-0.15, -0.1) is 11.3 Å². The standard InChI is InChI=1S/C16H17NO3S/c1-20-13-4-2-3-11(9-13)15(18)16(19)17-7-5-14-12(10-17)6-8-21-14/h2-4,6,8-9,15,18H,5,7,10H2,1H3. The second kappa shape index (κ2) is 5.87. The number of amides is 1. The zero-order valence-corrected chi connectivity index (χ0v) is 12.6. The summed E-state index contributed by atoms with van der Waals surface area (Å²) in [6.45, 7) is 1.24. The summed E-state index contributed by atoms with van der Waals surface area (Å²) >= 11 is 1.73. The SMILES string of the molecule is COc1cccc(C(O)C(=O)N2CCc3sccc3C2)c1. The fraction of sp³-hybridized carbons (Fsp3) is 0.312. The Morgan fingerprint density at radius 3 is 3.10 bits per heavy atom. The van der Waals surface area contributed by atoms with Crippen molar-refractivity contribution in [3.63, 3.8) is 0 Å². The molecule has 3 rings (SSSR count). The van der Waals surface area contributed by atoms with E-state index < -0.39 is 6.10 Å². The lowest BCUT2D eigenvalue weighted by Gasteiger charge is -2.29. The predicted molar refractivity (Wildman–Crippen MR) is 81.4 cm³/mol. The highest BCUT2D eigenvalue weighted by molar-refractivity contribution is 7.10. The smallest absolute Gasteiger partial charge is 0.256 e. The molecule has 21 heavy (non-hydrogen) atoms. The van der Waals surface area contributed by atoms with Gasteiger partial charge in [0.05, 0.1) is 7.11 Å². The number of benzene rings is 1. The molecule has 0 saturated carbocycles. The summed E-state index contributed by atoms with van der Waals surface area (Å²) in [6.07, 6.45) is -0.274. The molecule has 0 radical (unpaired) electrons. The van der Waals surface area contributed by atoms with Crippen LogP contribution in [0.5, 0.6) is 5.75 Å². The van der Waals surface area contributed by atoms with Crippen molar-refractivity contribution in [3.8, 4) is 5.75 Å². The molecule has 110 valence electrons. The highest BCUT2D eigenvalue weighted by Gasteiger charge is 2.27.